The molecule has 0 aromatic heterocycles. The van der Waals surface area contributed by atoms with Gasteiger partial charge in [-0.25, -0.2) is 0 Å². The van der Waals surface area contributed by atoms with Gasteiger partial charge in [0.2, 0.25) is 0 Å². The Labute approximate surface area is 77.7 Å². The number of halogens is 2. The fraction of sp³-hybridized carbons (Fsp3) is 0.333. The van der Waals surface area contributed by atoms with E-state index in [1.165, 1.54) is 7.16 Å². The van der Waals surface area contributed by atoms with Gasteiger partial charge in [0.25, 0.3) is 0 Å². The van der Waals surface area contributed by atoms with Crippen molar-refractivity contribution in [2.24, 2.45) is 0 Å². The molecule has 0 saturated carbocycles. The highest BCUT2D eigenvalue weighted by Crippen LogP contribution is 2.07. The molecule has 2 heteroatoms. The van der Waals surface area contributed by atoms with Crippen LogP contribution in [0.3, 0.4) is 0 Å². The summed E-state index contributed by atoms with van der Waals surface area (Å²) in [5, 5.41) is 0. The quantitative estimate of drug-likeness (QED) is 0.507. The molecule has 0 amide bonds. The molecule has 0 aromatic carbocycles. The summed E-state index contributed by atoms with van der Waals surface area (Å²) in [6.07, 6.45) is 4.20. The van der Waals surface area contributed by atoms with E-state index in [1.807, 2.05) is 0 Å². The van der Waals surface area contributed by atoms with Crippen molar-refractivity contribution >= 4 is 45.2 Å². The monoisotopic (exact) mass is 334 g/mol. The van der Waals surface area contributed by atoms with Gasteiger partial charge in [0, 0.05) is 0 Å². The van der Waals surface area contributed by atoms with Gasteiger partial charge in [-0.05, 0) is 66.2 Å². The highest BCUT2D eigenvalue weighted by molar-refractivity contribution is 14.1. The smallest absolute Gasteiger partial charge is 0.0125 e. The fourth-order valence-corrected chi connectivity index (χ4v) is 0.589. The highest BCUT2D eigenvalue weighted by Gasteiger charge is 1.74. The van der Waals surface area contributed by atoms with E-state index < -0.39 is 0 Å². The second-order valence-corrected chi connectivity index (χ2v) is 4.91. The van der Waals surface area contributed by atoms with Crippen molar-refractivity contribution < 1.29 is 0 Å². The van der Waals surface area contributed by atoms with Crippen LogP contribution in [-0.2, 0) is 0 Å². The first kappa shape index (κ1) is 8.94. The van der Waals surface area contributed by atoms with Crippen LogP contribution in [0.1, 0.15) is 13.8 Å². The highest BCUT2D eigenvalue weighted by atomic mass is 127. The summed E-state index contributed by atoms with van der Waals surface area (Å²) in [5.41, 5.74) is 0. The molecule has 0 spiro atoms. The molecule has 0 nitrogen and oxygen atoms in total. The lowest BCUT2D eigenvalue weighted by atomic mass is 10.5. The molecule has 0 saturated heterocycles. The maximum absolute atomic E-state index is 2.29. The van der Waals surface area contributed by atoms with Crippen LogP contribution in [0.4, 0.5) is 0 Å². The topological polar surface area (TPSA) is 0 Å². The summed E-state index contributed by atoms with van der Waals surface area (Å²) in [7, 11) is 0. The van der Waals surface area contributed by atoms with Crippen molar-refractivity contribution in [1.29, 1.82) is 0 Å². The molecule has 0 heterocycles. The zero-order chi connectivity index (χ0) is 6.57. The van der Waals surface area contributed by atoms with Gasteiger partial charge in [0.15, 0.2) is 0 Å². The van der Waals surface area contributed by atoms with Gasteiger partial charge in [-0.15, -0.1) is 0 Å². The number of hydrogen-bond donors (Lipinski definition) is 0. The van der Waals surface area contributed by atoms with Crippen LogP contribution >= 0.6 is 45.2 Å². The lowest BCUT2D eigenvalue weighted by Gasteiger charge is -1.81. The molecule has 0 unspecified atom stereocenters. The third-order valence-corrected chi connectivity index (χ3v) is 1.26. The normalized spacial score (nSPS) is 14.5. The van der Waals surface area contributed by atoms with E-state index in [4.69, 9.17) is 0 Å². The first-order valence-corrected chi connectivity index (χ1v) is 4.45. The van der Waals surface area contributed by atoms with E-state index in [9.17, 15) is 0 Å². The molecule has 0 aromatic rings. The minimum atomic E-state index is 1.32. The van der Waals surface area contributed by atoms with Gasteiger partial charge in [0.05, 0.1) is 0 Å². The van der Waals surface area contributed by atoms with Crippen LogP contribution in [0, 0.1) is 0 Å². The largest absolute Gasteiger partial charge is 0.0525 e. The predicted octanol–water partition coefficient (Wildman–Crippen LogP) is 3.66. The zero-order valence-electron chi connectivity index (χ0n) is 4.91. The lowest BCUT2D eigenvalue weighted by Crippen LogP contribution is -1.55. The maximum Gasteiger partial charge on any atom is -0.0125 e. The first-order valence-electron chi connectivity index (χ1n) is 2.29. The van der Waals surface area contributed by atoms with Gasteiger partial charge in [-0.1, -0.05) is 12.2 Å². The number of hydrogen-bond acceptors (Lipinski definition) is 0. The average molecular weight is 334 g/mol. The van der Waals surface area contributed by atoms with Gasteiger partial charge < -0.3 is 0 Å². The summed E-state index contributed by atoms with van der Waals surface area (Å²) in [5.74, 6) is 0. The summed E-state index contributed by atoms with van der Waals surface area (Å²) < 4.78 is 2.64. The van der Waals surface area contributed by atoms with E-state index in [0.29, 0.717) is 0 Å². The summed E-state index contributed by atoms with van der Waals surface area (Å²) in [4.78, 5) is 0. The van der Waals surface area contributed by atoms with Crippen molar-refractivity contribution in [1.82, 2.24) is 0 Å². The Balaban J connectivity index is 3.76. The molecule has 0 radical (unpaired) electrons. The summed E-state index contributed by atoms with van der Waals surface area (Å²) in [6, 6.07) is 0. The second-order valence-electron chi connectivity index (χ2n) is 1.51. The van der Waals surface area contributed by atoms with Crippen molar-refractivity contribution in [3.8, 4) is 0 Å². The lowest BCUT2D eigenvalue weighted by molar-refractivity contribution is 1.66. The molecule has 0 rings (SSSR count). The van der Waals surface area contributed by atoms with Crippen molar-refractivity contribution in [2.75, 3.05) is 0 Å². The van der Waals surface area contributed by atoms with Crippen LogP contribution in [0.5, 0.6) is 0 Å². The molecule has 0 atom stereocenters. The number of allylic oxidation sites excluding steroid dienone is 4. The van der Waals surface area contributed by atoms with Crippen molar-refractivity contribution in [3.63, 3.8) is 0 Å². The first-order chi connectivity index (χ1) is 3.63. The molecule has 46 valence electrons. The Morgan fingerprint density at radius 1 is 1.00 bits per heavy atom. The van der Waals surface area contributed by atoms with E-state index >= 15 is 0 Å². The van der Waals surface area contributed by atoms with Crippen molar-refractivity contribution in [2.45, 2.75) is 13.8 Å². The van der Waals surface area contributed by atoms with Gasteiger partial charge in [-0.2, -0.15) is 0 Å². The fourth-order valence-electron chi connectivity index (χ4n) is 0.230. The molecular weight excluding hydrogens is 326 g/mol. The summed E-state index contributed by atoms with van der Waals surface area (Å²) in [6.45, 7) is 4.16. The van der Waals surface area contributed by atoms with Gasteiger partial charge in [-0.3, -0.25) is 0 Å². The van der Waals surface area contributed by atoms with Crippen LogP contribution < -0.4 is 0 Å². The van der Waals surface area contributed by atoms with Gasteiger partial charge >= 0.3 is 0 Å². The predicted molar refractivity (Wildman–Crippen MR) is 55.6 cm³/mol. The van der Waals surface area contributed by atoms with E-state index in [1.54, 1.807) is 0 Å². The molecule has 0 N–H and O–H groups in total. The van der Waals surface area contributed by atoms with E-state index in [0.717, 1.165) is 0 Å². The molecule has 0 fully saturated rings. The Bertz CT molecular complexity index is 98.5. The zero-order valence-corrected chi connectivity index (χ0v) is 9.23. The molecule has 0 aliphatic carbocycles. The van der Waals surface area contributed by atoms with Crippen LogP contribution in [0.25, 0.3) is 0 Å². The van der Waals surface area contributed by atoms with Crippen LogP contribution in [-0.4, -0.2) is 0 Å². The Morgan fingerprint density at radius 2 is 1.25 bits per heavy atom. The van der Waals surface area contributed by atoms with Crippen LogP contribution in [0.2, 0.25) is 0 Å². The molecule has 0 aliphatic rings. The average Bonchev–Trinajstić information content (AvgIpc) is 1.61. The Hall–Kier alpha value is 0.940. The Kier molecular flexibility index (Phi) is 5.35. The van der Waals surface area contributed by atoms with E-state index in [2.05, 4.69) is 71.2 Å². The van der Waals surface area contributed by atoms with Crippen LogP contribution in [0.15, 0.2) is 19.3 Å². The number of rotatable bonds is 1. The third-order valence-electron chi connectivity index (χ3n) is 0.543. The van der Waals surface area contributed by atoms with Gasteiger partial charge in [0.1, 0.15) is 0 Å². The standard InChI is InChI=1S/C6H8I2/c1-5(7)3-4-6(2)8/h3-4H,1-2H3. The van der Waals surface area contributed by atoms with Crippen molar-refractivity contribution in [3.05, 3.63) is 19.3 Å². The SMILES string of the molecule is CC(I)=CC=C(C)I. The Morgan fingerprint density at radius 3 is 1.38 bits per heavy atom. The molecular formula is C6H8I2. The minimum absolute atomic E-state index is 1.32. The van der Waals surface area contributed by atoms with E-state index in [-0.39, 0.29) is 0 Å². The molecule has 8 heavy (non-hydrogen) atoms. The second kappa shape index (κ2) is 4.78. The molecule has 0 aliphatic heterocycles. The third kappa shape index (κ3) is 6.94. The molecule has 0 bridgehead atoms. The maximum atomic E-state index is 2.29. The summed E-state index contributed by atoms with van der Waals surface area (Å²) >= 11 is 4.58. The minimum Gasteiger partial charge on any atom is -0.0525 e.